The van der Waals surface area contributed by atoms with E-state index in [9.17, 15) is 17.6 Å². The van der Waals surface area contributed by atoms with Crippen LogP contribution in [0.3, 0.4) is 0 Å². The molecule has 3 aromatic rings. The molecular formula is C21H21FN6O5S2. The lowest BCUT2D eigenvalue weighted by atomic mass is 10.1. The summed E-state index contributed by atoms with van der Waals surface area (Å²) >= 11 is 0.648. The van der Waals surface area contributed by atoms with Gasteiger partial charge in [-0.15, -0.1) is 0 Å². The van der Waals surface area contributed by atoms with Crippen LogP contribution in [0.15, 0.2) is 59.0 Å². The van der Waals surface area contributed by atoms with Crippen molar-refractivity contribution in [2.75, 3.05) is 18.5 Å². The Morgan fingerprint density at radius 3 is 2.66 bits per heavy atom. The van der Waals surface area contributed by atoms with Crippen molar-refractivity contribution in [1.82, 2.24) is 19.7 Å². The highest BCUT2D eigenvalue weighted by atomic mass is 32.2. The molecule has 0 radical (unpaired) electrons. The van der Waals surface area contributed by atoms with Crippen molar-refractivity contribution in [2.45, 2.75) is 30.4 Å². The highest BCUT2D eigenvalue weighted by Gasteiger charge is 2.22. The second kappa shape index (κ2) is 11.4. The van der Waals surface area contributed by atoms with Crippen LogP contribution in [0.5, 0.6) is 0 Å². The fourth-order valence-corrected chi connectivity index (χ4v) is 4.74. The summed E-state index contributed by atoms with van der Waals surface area (Å²) in [6.07, 6.45) is 5.60. The third-order valence-corrected chi connectivity index (χ3v) is 6.99. The van der Waals surface area contributed by atoms with Crippen LogP contribution in [0, 0.1) is 5.13 Å². The highest BCUT2D eigenvalue weighted by Crippen LogP contribution is 2.18. The largest absolute Gasteiger partial charge is 0.387 e. The molecule has 0 spiro atoms. The average Bonchev–Trinajstić information content (AvgIpc) is 3.53. The lowest BCUT2D eigenvalue weighted by Gasteiger charge is -2.12. The number of rotatable bonds is 10. The smallest absolute Gasteiger partial charge is 0.280 e. The molecule has 11 nitrogen and oxygen atoms in total. The van der Waals surface area contributed by atoms with Crippen LogP contribution in [0.4, 0.5) is 9.52 Å². The third kappa shape index (κ3) is 6.85. The van der Waals surface area contributed by atoms with Crippen molar-refractivity contribution in [3.05, 3.63) is 65.4 Å². The van der Waals surface area contributed by atoms with Crippen LogP contribution in [-0.2, 0) is 31.0 Å². The van der Waals surface area contributed by atoms with E-state index >= 15 is 0 Å². The number of benzene rings is 1. The maximum Gasteiger partial charge on any atom is 0.280 e. The molecule has 1 aliphatic heterocycles. The molecule has 2 aromatic heterocycles. The van der Waals surface area contributed by atoms with Crippen molar-refractivity contribution in [2.24, 2.45) is 5.16 Å². The van der Waals surface area contributed by atoms with E-state index < -0.39 is 21.1 Å². The van der Waals surface area contributed by atoms with Gasteiger partial charge in [0.25, 0.3) is 5.91 Å². The molecule has 0 unspecified atom stereocenters. The zero-order valence-corrected chi connectivity index (χ0v) is 19.9. The van der Waals surface area contributed by atoms with Crippen LogP contribution in [-0.4, -0.2) is 54.2 Å². The molecule has 14 heteroatoms. The summed E-state index contributed by atoms with van der Waals surface area (Å²) in [5.74, 6) is -0.378. The fourth-order valence-electron chi connectivity index (χ4n) is 3.14. The molecule has 1 saturated heterocycles. The number of amides is 1. The van der Waals surface area contributed by atoms with Crippen LogP contribution in [0.25, 0.3) is 0 Å². The molecule has 1 aromatic carbocycles. The molecule has 1 aliphatic rings. The topological polar surface area (TPSA) is 145 Å². The number of oxime groups is 1. The van der Waals surface area contributed by atoms with E-state index in [0.717, 1.165) is 19.0 Å². The molecule has 35 heavy (non-hydrogen) atoms. The minimum atomic E-state index is -3.78. The monoisotopic (exact) mass is 520 g/mol. The Bertz CT molecular complexity index is 1280. The Balaban J connectivity index is 1.51. The maximum atomic E-state index is 13.3. The number of ether oxygens (including phenoxy) is 1. The van der Waals surface area contributed by atoms with Crippen LogP contribution in [0.1, 0.15) is 24.2 Å². The summed E-state index contributed by atoms with van der Waals surface area (Å²) in [4.78, 5) is 29.9. The van der Waals surface area contributed by atoms with Crippen LogP contribution in [0.2, 0.25) is 0 Å². The molecule has 1 atom stereocenters. The first-order chi connectivity index (χ1) is 16.9. The van der Waals surface area contributed by atoms with Gasteiger partial charge in [-0.25, -0.2) is 28.1 Å². The van der Waals surface area contributed by atoms with Gasteiger partial charge < -0.3 is 9.57 Å². The van der Waals surface area contributed by atoms with Gasteiger partial charge in [-0.1, -0.05) is 28.6 Å². The molecular weight excluding hydrogens is 499 g/mol. The predicted octanol–water partition coefficient (Wildman–Crippen LogP) is 2.09. The van der Waals surface area contributed by atoms with E-state index in [2.05, 4.69) is 30.1 Å². The fraction of sp³-hybridized carbons (Fsp3) is 0.286. The zero-order valence-electron chi connectivity index (χ0n) is 18.3. The van der Waals surface area contributed by atoms with Gasteiger partial charge in [0.05, 0.1) is 17.2 Å². The molecule has 3 heterocycles. The van der Waals surface area contributed by atoms with Crippen LogP contribution >= 0.6 is 11.3 Å². The maximum absolute atomic E-state index is 13.3. The number of halogens is 1. The lowest BCUT2D eigenvalue weighted by molar-refractivity contribution is -0.110. The van der Waals surface area contributed by atoms with Crippen LogP contribution < -0.4 is 10.0 Å². The van der Waals surface area contributed by atoms with Crippen molar-refractivity contribution in [3.8, 4) is 0 Å². The summed E-state index contributed by atoms with van der Waals surface area (Å²) in [6, 6.07) is 7.18. The molecule has 0 saturated carbocycles. The summed E-state index contributed by atoms with van der Waals surface area (Å²) in [5.41, 5.74) is 0.0967. The third-order valence-electron chi connectivity index (χ3n) is 4.84. The number of thiazole rings is 1. The average molecular weight is 521 g/mol. The number of carbonyl (C=O) groups is 1. The molecule has 0 aliphatic carbocycles. The van der Waals surface area contributed by atoms with Crippen molar-refractivity contribution >= 4 is 38.1 Å². The Morgan fingerprint density at radius 2 is 2.00 bits per heavy atom. The van der Waals surface area contributed by atoms with Gasteiger partial charge in [0.2, 0.25) is 10.0 Å². The Hall–Kier alpha value is -3.33. The van der Waals surface area contributed by atoms with Gasteiger partial charge in [-0.3, -0.25) is 10.1 Å². The number of hydrogen-bond acceptors (Lipinski definition) is 10. The molecule has 184 valence electrons. The minimum Gasteiger partial charge on any atom is -0.387 e. The van der Waals surface area contributed by atoms with Crippen molar-refractivity contribution < 1.29 is 27.2 Å². The number of aromatic nitrogens is 3. The predicted molar refractivity (Wildman–Crippen MR) is 125 cm³/mol. The molecule has 4 rings (SSSR count). The van der Waals surface area contributed by atoms with Crippen molar-refractivity contribution in [3.63, 3.8) is 0 Å². The highest BCUT2D eigenvalue weighted by molar-refractivity contribution is 7.89. The Kier molecular flexibility index (Phi) is 8.07. The van der Waals surface area contributed by atoms with Gasteiger partial charge in [0, 0.05) is 31.1 Å². The summed E-state index contributed by atoms with van der Waals surface area (Å²) in [6.45, 7) is 0.694. The lowest BCUT2D eigenvalue weighted by Crippen LogP contribution is -2.31. The number of hydrogen-bond donors (Lipinski definition) is 2. The van der Waals surface area contributed by atoms with Gasteiger partial charge in [-0.05, 0) is 31.0 Å². The number of carbonyl (C=O) groups excluding carboxylic acids is 1. The van der Waals surface area contributed by atoms with Gasteiger partial charge in [0.1, 0.15) is 0 Å². The summed E-state index contributed by atoms with van der Waals surface area (Å²) in [7, 11) is -3.78. The van der Waals surface area contributed by atoms with Gasteiger partial charge >= 0.3 is 0 Å². The molecule has 2 N–H and O–H groups in total. The normalized spacial score (nSPS) is 16.3. The number of sulfonamides is 1. The summed E-state index contributed by atoms with van der Waals surface area (Å²) in [5, 5.41) is 5.81. The van der Waals surface area contributed by atoms with E-state index in [-0.39, 0.29) is 40.6 Å². The van der Waals surface area contributed by atoms with E-state index in [4.69, 9.17) is 9.57 Å². The number of nitrogens with one attached hydrogen (secondary N) is 2. The minimum absolute atomic E-state index is 0.0135. The summed E-state index contributed by atoms with van der Waals surface area (Å²) < 4.78 is 46.5. The molecule has 0 bridgehead atoms. The molecule has 1 amide bonds. The van der Waals surface area contributed by atoms with E-state index in [1.54, 1.807) is 6.07 Å². The quantitative estimate of drug-likeness (QED) is 0.305. The molecule has 1 fully saturated rings. The zero-order chi connectivity index (χ0) is 24.7. The second-order valence-corrected chi connectivity index (χ2v) is 10.1. The van der Waals surface area contributed by atoms with Gasteiger partial charge in [-0.2, -0.15) is 4.39 Å². The Morgan fingerprint density at radius 1 is 1.23 bits per heavy atom. The Labute approximate surface area is 204 Å². The number of anilines is 1. The van der Waals surface area contributed by atoms with Crippen molar-refractivity contribution in [1.29, 1.82) is 0 Å². The van der Waals surface area contributed by atoms with Gasteiger partial charge in [0.15, 0.2) is 28.4 Å². The first-order valence-electron chi connectivity index (χ1n) is 10.5. The van der Waals surface area contributed by atoms with E-state index in [1.807, 2.05) is 0 Å². The number of nitrogens with zero attached hydrogens (tertiary/aromatic N) is 4. The second-order valence-electron chi connectivity index (χ2n) is 7.31. The van der Waals surface area contributed by atoms with E-state index in [1.165, 1.54) is 36.7 Å². The first-order valence-corrected chi connectivity index (χ1v) is 12.8. The SMILES string of the molecule is O=C(Nc1ncc(F)s1)C(=NOCc1ncccn1)c1ccc(S(=O)(=O)NC[C@H]2CCCO2)cc1. The standard InChI is InChI=1S/C21H21FN6O5S2/c22-17-12-25-21(34-17)27-20(29)19(28-33-13-18-23-8-2-9-24-18)14-4-6-16(7-5-14)35(30,31)26-11-15-3-1-10-32-15/h2,4-9,12,15,26H,1,3,10-11,13H2,(H,25,27,29)/t15-/m1/s1. The first kappa shape index (κ1) is 24.8. The van der Waals surface area contributed by atoms with E-state index in [0.29, 0.717) is 23.8 Å².